The van der Waals surface area contributed by atoms with Crippen molar-refractivity contribution in [1.29, 1.82) is 0 Å². The second kappa shape index (κ2) is 11.3. The number of carbonyl (C=O) groups excluding carboxylic acids is 1. The third-order valence-corrected chi connectivity index (χ3v) is 7.77. The fourth-order valence-corrected chi connectivity index (χ4v) is 6.16. The number of carbonyl (C=O) groups is 2. The predicted molar refractivity (Wildman–Crippen MR) is 121 cm³/mol. The predicted octanol–water partition coefficient (Wildman–Crippen LogP) is 3.87. The molecule has 0 amide bonds. The molecule has 2 aromatic rings. The van der Waals surface area contributed by atoms with Crippen LogP contribution in [-0.4, -0.2) is 57.3 Å². The Bertz CT molecular complexity index is 1080. The summed E-state index contributed by atoms with van der Waals surface area (Å²) >= 11 is 0. The van der Waals surface area contributed by atoms with Crippen LogP contribution in [0.4, 0.5) is 10.1 Å². The topological polar surface area (TPSA) is 123 Å². The summed E-state index contributed by atoms with van der Waals surface area (Å²) in [6.07, 6.45) is 2.94. The number of hydrogen-bond acceptors (Lipinski definition) is 9. The van der Waals surface area contributed by atoms with E-state index in [1.54, 1.807) is 11.0 Å². The van der Waals surface area contributed by atoms with Gasteiger partial charge in [0.25, 0.3) is 0 Å². The Kier molecular flexibility index (Phi) is 8.42. The number of esters is 1. The number of ether oxygens (including phenoxy) is 1. The highest BCUT2D eigenvalue weighted by atomic mass is 33.1. The molecular weight excluding hydrogens is 473 g/mol. The van der Waals surface area contributed by atoms with Crippen molar-refractivity contribution in [2.24, 2.45) is 0 Å². The highest BCUT2D eigenvalue weighted by Crippen LogP contribution is 2.43. The fraction of sp³-hybridized carbons (Fsp3) is 0.286. The molecule has 1 fully saturated rings. The van der Waals surface area contributed by atoms with E-state index < -0.39 is 28.7 Å². The minimum Gasteiger partial charge on any atom is -0.478 e. The van der Waals surface area contributed by atoms with Crippen LogP contribution < -0.4 is 0 Å². The standard InChI is InChI=1S/C21H20FN3O6S2/c1-31-21(28)19(14-5-2-3-6-15(14)22)24-10-8-17(13(12-24)11-18(26)27)32-33-20-16(25(29)30)7-4-9-23-20/h2-7,9,11,17,19H,8,10,12H2,1H3,(H,26,27)/b13-11-. The van der Waals surface area contributed by atoms with E-state index in [-0.39, 0.29) is 28.1 Å². The van der Waals surface area contributed by atoms with Crippen LogP contribution in [0.2, 0.25) is 0 Å². The summed E-state index contributed by atoms with van der Waals surface area (Å²) in [7, 11) is 3.56. The van der Waals surface area contributed by atoms with Gasteiger partial charge in [-0.2, -0.15) is 0 Å². The van der Waals surface area contributed by atoms with E-state index >= 15 is 0 Å². The van der Waals surface area contributed by atoms with E-state index in [9.17, 15) is 29.2 Å². The van der Waals surface area contributed by atoms with Crippen molar-refractivity contribution in [2.45, 2.75) is 22.7 Å². The lowest BCUT2D eigenvalue weighted by atomic mass is 9.98. The number of pyridine rings is 1. The van der Waals surface area contributed by atoms with Crippen LogP contribution in [0, 0.1) is 15.9 Å². The summed E-state index contributed by atoms with van der Waals surface area (Å²) in [5, 5.41) is 20.5. The van der Waals surface area contributed by atoms with E-state index in [4.69, 9.17) is 4.74 Å². The number of likely N-dealkylation sites (tertiary alicyclic amines) is 1. The van der Waals surface area contributed by atoms with Crippen molar-refractivity contribution >= 4 is 39.2 Å². The molecular formula is C21H20FN3O6S2. The number of nitro groups is 1. The highest BCUT2D eigenvalue weighted by Gasteiger charge is 2.36. The molecule has 1 aliphatic rings. The van der Waals surface area contributed by atoms with Gasteiger partial charge in [-0.3, -0.25) is 15.0 Å². The molecule has 0 spiro atoms. The van der Waals surface area contributed by atoms with E-state index in [1.807, 2.05) is 0 Å². The maximum absolute atomic E-state index is 14.5. The van der Waals surface area contributed by atoms with E-state index in [1.165, 1.54) is 54.4 Å². The first-order valence-corrected chi connectivity index (χ1v) is 12.0. The minimum atomic E-state index is -1.16. The largest absolute Gasteiger partial charge is 0.478 e. The average Bonchev–Trinajstić information content (AvgIpc) is 2.79. The lowest BCUT2D eigenvalue weighted by molar-refractivity contribution is -0.388. The summed E-state index contributed by atoms with van der Waals surface area (Å²) in [6, 6.07) is 7.65. The minimum absolute atomic E-state index is 0.0862. The van der Waals surface area contributed by atoms with E-state index in [0.717, 1.165) is 16.9 Å². The normalized spacial score (nSPS) is 18.6. The molecule has 12 heteroatoms. The van der Waals surface area contributed by atoms with E-state index in [2.05, 4.69) is 4.98 Å². The van der Waals surface area contributed by atoms with Gasteiger partial charge in [-0.25, -0.2) is 19.0 Å². The zero-order chi connectivity index (χ0) is 24.0. The number of rotatable bonds is 8. The van der Waals surface area contributed by atoms with Crippen LogP contribution in [0.1, 0.15) is 18.0 Å². The summed E-state index contributed by atoms with van der Waals surface area (Å²) in [5.41, 5.74) is 0.500. The van der Waals surface area contributed by atoms with Gasteiger partial charge in [-0.05, 0) is 34.9 Å². The molecule has 1 N–H and O–H groups in total. The van der Waals surface area contributed by atoms with E-state index in [0.29, 0.717) is 18.5 Å². The number of piperidine rings is 1. The molecule has 1 aliphatic heterocycles. The van der Waals surface area contributed by atoms with Crippen LogP contribution in [0.5, 0.6) is 0 Å². The number of hydrogen-bond donors (Lipinski definition) is 1. The Balaban J connectivity index is 1.83. The third kappa shape index (κ3) is 6.09. The summed E-state index contributed by atoms with van der Waals surface area (Å²) in [5.74, 6) is -2.38. The Morgan fingerprint density at radius 1 is 1.36 bits per heavy atom. The zero-order valence-electron chi connectivity index (χ0n) is 17.4. The number of halogens is 1. The van der Waals surface area contributed by atoms with Crippen molar-refractivity contribution in [3.8, 4) is 0 Å². The number of aromatic nitrogens is 1. The number of nitrogens with zero attached hydrogens (tertiary/aromatic N) is 3. The molecule has 174 valence electrons. The molecule has 1 aromatic carbocycles. The van der Waals surface area contributed by atoms with Crippen LogP contribution in [0.15, 0.2) is 59.3 Å². The Morgan fingerprint density at radius 2 is 2.12 bits per heavy atom. The lowest BCUT2D eigenvalue weighted by Gasteiger charge is -2.37. The first-order chi connectivity index (χ1) is 15.8. The molecule has 0 aliphatic carbocycles. The van der Waals surface area contributed by atoms with Crippen molar-refractivity contribution in [2.75, 3.05) is 20.2 Å². The van der Waals surface area contributed by atoms with Gasteiger partial charge in [0.05, 0.1) is 12.0 Å². The smallest absolute Gasteiger partial charge is 0.328 e. The molecule has 0 bridgehead atoms. The molecule has 1 aromatic heterocycles. The lowest BCUT2D eigenvalue weighted by Crippen LogP contribution is -2.43. The number of benzene rings is 1. The van der Waals surface area contributed by atoms with Gasteiger partial charge >= 0.3 is 17.6 Å². The average molecular weight is 494 g/mol. The molecule has 0 saturated carbocycles. The molecule has 1 saturated heterocycles. The second-order valence-electron chi connectivity index (χ2n) is 7.02. The molecule has 2 atom stereocenters. The zero-order valence-corrected chi connectivity index (χ0v) is 19.1. The molecule has 3 rings (SSSR count). The summed E-state index contributed by atoms with van der Waals surface area (Å²) in [4.78, 5) is 40.4. The molecule has 2 unspecified atom stereocenters. The maximum atomic E-state index is 14.5. The van der Waals surface area contributed by atoms with Crippen LogP contribution in [-0.2, 0) is 14.3 Å². The van der Waals surface area contributed by atoms with Gasteiger partial charge in [-0.1, -0.05) is 29.0 Å². The third-order valence-electron chi connectivity index (χ3n) is 4.97. The summed E-state index contributed by atoms with van der Waals surface area (Å²) in [6.45, 7) is 0.441. The molecule has 2 heterocycles. The Morgan fingerprint density at radius 3 is 2.79 bits per heavy atom. The van der Waals surface area contributed by atoms with Gasteiger partial charge in [0, 0.05) is 42.2 Å². The van der Waals surface area contributed by atoms with Gasteiger partial charge in [0.2, 0.25) is 0 Å². The number of aliphatic carboxylic acids is 1. The Labute approximate surface area is 196 Å². The second-order valence-corrected chi connectivity index (χ2v) is 9.41. The number of carboxylic acids is 1. The Hall–Kier alpha value is -2.96. The number of methoxy groups -OCH3 is 1. The van der Waals surface area contributed by atoms with Gasteiger partial charge in [-0.15, -0.1) is 0 Å². The first-order valence-electron chi connectivity index (χ1n) is 9.74. The monoisotopic (exact) mass is 493 g/mol. The van der Waals surface area contributed by atoms with Crippen molar-refractivity contribution in [1.82, 2.24) is 9.88 Å². The van der Waals surface area contributed by atoms with Crippen molar-refractivity contribution in [3.05, 3.63) is 75.7 Å². The molecule has 9 nitrogen and oxygen atoms in total. The summed E-state index contributed by atoms with van der Waals surface area (Å²) < 4.78 is 19.4. The van der Waals surface area contributed by atoms with Crippen LogP contribution >= 0.6 is 21.6 Å². The van der Waals surface area contributed by atoms with Gasteiger partial charge < -0.3 is 9.84 Å². The van der Waals surface area contributed by atoms with Crippen LogP contribution in [0.25, 0.3) is 0 Å². The van der Waals surface area contributed by atoms with Crippen molar-refractivity contribution < 1.29 is 28.7 Å². The SMILES string of the molecule is COC(=O)C(c1ccccc1F)N1CCC(SSc2ncccc2[N+](=O)[O-])/C(=C\C(=O)O)C1. The molecule has 33 heavy (non-hydrogen) atoms. The fourth-order valence-electron chi connectivity index (χ4n) is 3.48. The maximum Gasteiger partial charge on any atom is 0.328 e. The van der Waals surface area contributed by atoms with Gasteiger partial charge in [0.15, 0.2) is 5.03 Å². The highest BCUT2D eigenvalue weighted by molar-refractivity contribution is 8.77. The number of carboxylic acid groups (broad SMARTS) is 1. The van der Waals surface area contributed by atoms with Crippen molar-refractivity contribution in [3.63, 3.8) is 0 Å². The van der Waals surface area contributed by atoms with Crippen LogP contribution in [0.3, 0.4) is 0 Å². The molecule has 0 radical (unpaired) electrons. The quantitative estimate of drug-likeness (QED) is 0.191. The van der Waals surface area contributed by atoms with Gasteiger partial charge in [0.1, 0.15) is 11.9 Å². The first kappa shape index (κ1) is 24.7.